The zero-order valence-corrected chi connectivity index (χ0v) is 17.0. The van der Waals surface area contributed by atoms with Gasteiger partial charge in [0.15, 0.2) is 5.52 Å². The standard InChI is InChI=1S/C26H17N5O/c32-26(29-22-9-5-7-18-14-27-12-11-20(18)22)24-23-10-3-4-13-31(23)25(30-24)21-16-28-15-17-6-1-2-8-19(17)21/h1-16H,(H,29,32)/p+1. The maximum absolute atomic E-state index is 13.4. The van der Waals surface area contributed by atoms with Crippen molar-refractivity contribution in [3.8, 4) is 11.4 Å². The molecule has 0 aliphatic carbocycles. The van der Waals surface area contributed by atoms with E-state index in [1.165, 1.54) is 0 Å². The van der Waals surface area contributed by atoms with Crippen molar-refractivity contribution in [2.45, 2.75) is 0 Å². The van der Waals surface area contributed by atoms with E-state index in [0.29, 0.717) is 5.69 Å². The number of hydrogen-bond acceptors (Lipinski definition) is 3. The minimum absolute atomic E-state index is 0.211. The van der Waals surface area contributed by atoms with E-state index in [-0.39, 0.29) is 5.91 Å². The number of carbonyl (C=O) groups is 1. The highest BCUT2D eigenvalue weighted by atomic mass is 16.1. The summed E-state index contributed by atoms with van der Waals surface area (Å²) in [6, 6.07) is 21.6. The van der Waals surface area contributed by atoms with E-state index in [0.717, 1.165) is 44.1 Å². The summed E-state index contributed by atoms with van der Waals surface area (Å²) in [5.41, 5.74) is 2.95. The van der Waals surface area contributed by atoms with Gasteiger partial charge in [-0.3, -0.25) is 14.8 Å². The number of imidazole rings is 1. The van der Waals surface area contributed by atoms with E-state index in [1.54, 1.807) is 12.4 Å². The molecular weight excluding hydrogens is 398 g/mol. The van der Waals surface area contributed by atoms with Gasteiger partial charge in [0, 0.05) is 52.0 Å². The minimum Gasteiger partial charge on any atom is -0.318 e. The van der Waals surface area contributed by atoms with Crippen LogP contribution in [0.25, 0.3) is 38.4 Å². The van der Waals surface area contributed by atoms with E-state index in [2.05, 4.69) is 26.3 Å². The normalized spacial score (nSPS) is 11.2. The van der Waals surface area contributed by atoms with E-state index in [4.69, 9.17) is 0 Å². The van der Waals surface area contributed by atoms with Crippen molar-refractivity contribution < 1.29 is 9.20 Å². The van der Waals surface area contributed by atoms with Crippen LogP contribution in [0.4, 0.5) is 5.69 Å². The Labute approximate surface area is 183 Å². The molecule has 6 aromatic rings. The molecule has 1 amide bonds. The zero-order chi connectivity index (χ0) is 21.5. The lowest BCUT2D eigenvalue weighted by molar-refractivity contribution is -0.498. The highest BCUT2D eigenvalue weighted by molar-refractivity contribution is 6.11. The number of pyridine rings is 3. The third-order valence-corrected chi connectivity index (χ3v) is 5.68. The average molecular weight is 416 g/mol. The number of hydrogen-bond donors (Lipinski definition) is 2. The lowest BCUT2D eigenvalue weighted by atomic mass is 10.1. The molecule has 6 rings (SSSR count). The maximum atomic E-state index is 13.4. The SMILES string of the molecule is O=C(Nc1cccc2cnccc12)c1[nH]c(-c2cncc3ccccc23)[n+]2ccccc12. The topological polar surface area (TPSA) is 74.8 Å². The fraction of sp³-hybridized carbons (Fsp3) is 0. The molecule has 0 aliphatic rings. The van der Waals surface area contributed by atoms with Crippen molar-refractivity contribution >= 4 is 38.7 Å². The van der Waals surface area contributed by atoms with Gasteiger partial charge in [-0.15, -0.1) is 0 Å². The molecule has 0 saturated carbocycles. The van der Waals surface area contributed by atoms with Gasteiger partial charge >= 0.3 is 0 Å². The summed E-state index contributed by atoms with van der Waals surface area (Å²) in [6.07, 6.45) is 9.13. The van der Waals surface area contributed by atoms with Crippen LogP contribution in [0.15, 0.2) is 97.7 Å². The van der Waals surface area contributed by atoms with Crippen LogP contribution in [0, 0.1) is 0 Å². The van der Waals surface area contributed by atoms with Gasteiger partial charge in [0.05, 0.1) is 11.8 Å². The first-order valence-corrected chi connectivity index (χ1v) is 10.3. The molecule has 6 heteroatoms. The van der Waals surface area contributed by atoms with Gasteiger partial charge in [-0.05, 0) is 24.3 Å². The molecule has 0 atom stereocenters. The Hall–Kier alpha value is -4.58. The smallest absolute Gasteiger partial charge is 0.300 e. The second kappa shape index (κ2) is 7.28. The average Bonchev–Trinajstić information content (AvgIpc) is 3.24. The Morgan fingerprint density at radius 3 is 2.59 bits per heavy atom. The first-order chi connectivity index (χ1) is 15.8. The number of benzene rings is 2. The molecule has 0 unspecified atom stereocenters. The van der Waals surface area contributed by atoms with Gasteiger partial charge in [-0.2, -0.15) is 4.40 Å². The molecule has 0 bridgehead atoms. The highest BCUT2D eigenvalue weighted by Crippen LogP contribution is 2.27. The van der Waals surface area contributed by atoms with Crippen molar-refractivity contribution in [3.63, 3.8) is 0 Å². The van der Waals surface area contributed by atoms with Crippen LogP contribution < -0.4 is 9.72 Å². The molecule has 4 heterocycles. The van der Waals surface area contributed by atoms with Crippen LogP contribution in [0.2, 0.25) is 0 Å². The number of fused-ring (bicyclic) bond motifs is 3. The summed E-state index contributed by atoms with van der Waals surface area (Å²) in [5, 5.41) is 7.09. The number of nitrogens with one attached hydrogen (secondary N) is 2. The molecule has 0 saturated heterocycles. The third kappa shape index (κ3) is 2.89. The van der Waals surface area contributed by atoms with Crippen LogP contribution in [0.3, 0.4) is 0 Å². The van der Waals surface area contributed by atoms with Gasteiger partial charge in [0.2, 0.25) is 5.69 Å². The molecule has 0 aliphatic heterocycles. The molecular formula is C26H18N5O+. The predicted molar refractivity (Wildman–Crippen MR) is 124 cm³/mol. The lowest BCUT2D eigenvalue weighted by Gasteiger charge is -2.06. The quantitative estimate of drug-likeness (QED) is 0.408. The summed E-state index contributed by atoms with van der Waals surface area (Å²) < 4.78 is 1.99. The molecule has 0 radical (unpaired) electrons. The van der Waals surface area contributed by atoms with E-state index in [9.17, 15) is 4.79 Å². The first-order valence-electron chi connectivity index (χ1n) is 10.3. The Morgan fingerprint density at radius 2 is 1.62 bits per heavy atom. The molecule has 4 aromatic heterocycles. The zero-order valence-electron chi connectivity index (χ0n) is 17.0. The van der Waals surface area contributed by atoms with Crippen molar-refractivity contribution in [2.75, 3.05) is 5.32 Å². The monoisotopic (exact) mass is 416 g/mol. The third-order valence-electron chi connectivity index (χ3n) is 5.68. The predicted octanol–water partition coefficient (Wildman–Crippen LogP) is 4.77. The van der Waals surface area contributed by atoms with Crippen LogP contribution in [-0.2, 0) is 0 Å². The van der Waals surface area contributed by atoms with Crippen molar-refractivity contribution in [2.24, 2.45) is 0 Å². The van der Waals surface area contributed by atoms with Gasteiger partial charge in [-0.25, -0.2) is 4.98 Å². The number of nitrogens with zero attached hydrogens (tertiary/aromatic N) is 3. The number of H-pyrrole nitrogens is 1. The summed E-state index contributed by atoms with van der Waals surface area (Å²) in [5.74, 6) is 0.592. The largest absolute Gasteiger partial charge is 0.318 e. The van der Waals surface area contributed by atoms with Crippen LogP contribution in [0.5, 0.6) is 0 Å². The summed E-state index contributed by atoms with van der Waals surface area (Å²) >= 11 is 0. The number of carbonyl (C=O) groups excluding carboxylic acids is 1. The van der Waals surface area contributed by atoms with Gasteiger partial charge in [-0.1, -0.05) is 42.5 Å². The fourth-order valence-electron chi connectivity index (χ4n) is 4.18. The first kappa shape index (κ1) is 18.2. The molecule has 0 fully saturated rings. The Balaban J connectivity index is 1.50. The number of anilines is 1. The van der Waals surface area contributed by atoms with Crippen molar-refractivity contribution in [1.82, 2.24) is 15.0 Å². The molecule has 152 valence electrons. The molecule has 32 heavy (non-hydrogen) atoms. The highest BCUT2D eigenvalue weighted by Gasteiger charge is 2.26. The van der Waals surface area contributed by atoms with Gasteiger partial charge in [0.25, 0.3) is 11.7 Å². The summed E-state index contributed by atoms with van der Waals surface area (Å²) in [4.78, 5) is 25.3. The maximum Gasteiger partial charge on any atom is 0.300 e. The molecule has 0 spiro atoms. The number of amides is 1. The summed E-state index contributed by atoms with van der Waals surface area (Å²) in [7, 11) is 0. The van der Waals surface area contributed by atoms with Crippen molar-refractivity contribution in [1.29, 1.82) is 0 Å². The van der Waals surface area contributed by atoms with E-state index < -0.39 is 0 Å². The molecule has 2 N–H and O–H groups in total. The van der Waals surface area contributed by atoms with E-state index in [1.807, 2.05) is 83.7 Å². The van der Waals surface area contributed by atoms with Gasteiger partial charge in [0.1, 0.15) is 0 Å². The number of aromatic nitrogens is 4. The van der Waals surface area contributed by atoms with Gasteiger partial charge < -0.3 is 5.32 Å². The summed E-state index contributed by atoms with van der Waals surface area (Å²) in [6.45, 7) is 0. The van der Waals surface area contributed by atoms with Crippen molar-refractivity contribution in [3.05, 3.63) is 103 Å². The van der Waals surface area contributed by atoms with Crippen LogP contribution >= 0.6 is 0 Å². The fourth-order valence-corrected chi connectivity index (χ4v) is 4.18. The molecule has 6 nitrogen and oxygen atoms in total. The number of rotatable bonds is 3. The Kier molecular flexibility index (Phi) is 4.14. The molecule has 2 aromatic carbocycles. The van der Waals surface area contributed by atoms with E-state index >= 15 is 0 Å². The Morgan fingerprint density at radius 1 is 0.812 bits per heavy atom. The Bertz CT molecular complexity index is 1630. The second-order valence-electron chi connectivity index (χ2n) is 7.57. The van der Waals surface area contributed by atoms with Crippen LogP contribution in [-0.4, -0.2) is 20.9 Å². The minimum atomic E-state index is -0.211. The van der Waals surface area contributed by atoms with Crippen LogP contribution in [0.1, 0.15) is 10.5 Å². The number of aromatic amines is 1. The second-order valence-corrected chi connectivity index (χ2v) is 7.57. The lowest BCUT2D eigenvalue weighted by Crippen LogP contribution is -2.22.